The Hall–Kier alpha value is -2.27. The third-order valence-corrected chi connectivity index (χ3v) is 3.40. The molecule has 0 N–H and O–H groups in total. The van der Waals surface area contributed by atoms with Crippen LogP contribution in [0.1, 0.15) is 22.5 Å². The first-order valence-electron chi connectivity index (χ1n) is 6.90. The van der Waals surface area contributed by atoms with Gasteiger partial charge in [0, 0.05) is 12.6 Å². The maximum Gasteiger partial charge on any atom is 0.338 e. The predicted octanol–water partition coefficient (Wildman–Crippen LogP) is 3.25. The van der Waals surface area contributed by atoms with Crippen molar-refractivity contribution in [2.75, 3.05) is 13.2 Å². The van der Waals surface area contributed by atoms with E-state index in [9.17, 15) is 4.79 Å². The molecule has 1 aromatic heterocycles. The molecule has 2 aromatic rings. The number of hydrogen-bond donors (Lipinski definition) is 0. The SMILES string of the molecule is O=C(OCc1ccccn1)c1cc(Cl)c2c(c1)OCCCO2. The van der Waals surface area contributed by atoms with Crippen LogP contribution in [0.5, 0.6) is 11.5 Å². The molecule has 1 aliphatic heterocycles. The molecule has 0 saturated heterocycles. The van der Waals surface area contributed by atoms with Gasteiger partial charge >= 0.3 is 5.97 Å². The highest BCUT2D eigenvalue weighted by atomic mass is 35.5. The smallest absolute Gasteiger partial charge is 0.338 e. The fourth-order valence-corrected chi connectivity index (χ4v) is 2.32. The first-order valence-corrected chi connectivity index (χ1v) is 7.28. The molecule has 114 valence electrons. The third-order valence-electron chi connectivity index (χ3n) is 3.12. The van der Waals surface area contributed by atoms with E-state index in [-0.39, 0.29) is 6.61 Å². The number of benzene rings is 1. The van der Waals surface area contributed by atoms with E-state index in [2.05, 4.69) is 4.98 Å². The molecule has 1 aliphatic rings. The average Bonchev–Trinajstić information content (AvgIpc) is 2.79. The summed E-state index contributed by atoms with van der Waals surface area (Å²) in [6.45, 7) is 1.16. The van der Waals surface area contributed by atoms with E-state index in [1.165, 1.54) is 6.07 Å². The minimum Gasteiger partial charge on any atom is -0.489 e. The summed E-state index contributed by atoms with van der Waals surface area (Å²) in [6.07, 6.45) is 2.41. The fraction of sp³-hybridized carbons (Fsp3) is 0.250. The Morgan fingerprint density at radius 1 is 1.27 bits per heavy atom. The molecular formula is C16H14ClNO4. The van der Waals surface area contributed by atoms with Crippen LogP contribution in [-0.4, -0.2) is 24.2 Å². The molecule has 0 fully saturated rings. The highest BCUT2D eigenvalue weighted by Crippen LogP contribution is 2.38. The van der Waals surface area contributed by atoms with Gasteiger partial charge in [-0.2, -0.15) is 0 Å². The Morgan fingerprint density at radius 2 is 2.14 bits per heavy atom. The summed E-state index contributed by atoms with van der Waals surface area (Å²) in [5.41, 5.74) is 1.00. The summed E-state index contributed by atoms with van der Waals surface area (Å²) in [5.74, 6) is 0.457. The lowest BCUT2D eigenvalue weighted by molar-refractivity contribution is 0.0467. The number of carbonyl (C=O) groups excluding carboxylic acids is 1. The van der Waals surface area contributed by atoms with E-state index in [0.29, 0.717) is 41.0 Å². The first-order chi connectivity index (χ1) is 10.7. The second-order valence-corrected chi connectivity index (χ2v) is 5.14. The molecule has 5 nitrogen and oxygen atoms in total. The molecule has 0 spiro atoms. The van der Waals surface area contributed by atoms with E-state index >= 15 is 0 Å². The minimum absolute atomic E-state index is 0.103. The van der Waals surface area contributed by atoms with Crippen molar-refractivity contribution in [3.05, 3.63) is 52.8 Å². The van der Waals surface area contributed by atoms with Crippen molar-refractivity contribution in [3.8, 4) is 11.5 Å². The standard InChI is InChI=1S/C16H14ClNO4/c17-13-8-11(9-14-15(13)21-7-3-6-20-14)16(19)22-10-12-4-1-2-5-18-12/h1-2,4-5,8-9H,3,6-7,10H2. The Bertz CT molecular complexity index is 675. The normalized spacial score (nSPS) is 13.3. The van der Waals surface area contributed by atoms with Crippen LogP contribution in [0.4, 0.5) is 0 Å². The zero-order valence-corrected chi connectivity index (χ0v) is 12.5. The number of carbonyl (C=O) groups is 1. The summed E-state index contributed by atoms with van der Waals surface area (Å²) in [7, 11) is 0. The molecule has 0 aliphatic carbocycles. The fourth-order valence-electron chi connectivity index (χ4n) is 2.05. The van der Waals surface area contributed by atoms with Crippen LogP contribution in [0.25, 0.3) is 0 Å². The van der Waals surface area contributed by atoms with Crippen molar-refractivity contribution >= 4 is 17.6 Å². The summed E-state index contributed by atoms with van der Waals surface area (Å²) >= 11 is 6.16. The molecule has 0 atom stereocenters. The van der Waals surface area contributed by atoms with E-state index in [1.54, 1.807) is 24.4 Å². The van der Waals surface area contributed by atoms with Gasteiger partial charge in [0.15, 0.2) is 11.5 Å². The zero-order valence-electron chi connectivity index (χ0n) is 11.8. The van der Waals surface area contributed by atoms with Gasteiger partial charge in [0.1, 0.15) is 6.61 Å². The molecule has 22 heavy (non-hydrogen) atoms. The topological polar surface area (TPSA) is 57.7 Å². The lowest BCUT2D eigenvalue weighted by Crippen LogP contribution is -2.07. The van der Waals surface area contributed by atoms with Crippen LogP contribution < -0.4 is 9.47 Å². The number of pyridine rings is 1. The molecule has 0 bridgehead atoms. The lowest BCUT2D eigenvalue weighted by Gasteiger charge is -2.11. The number of halogens is 1. The summed E-state index contributed by atoms with van der Waals surface area (Å²) in [6, 6.07) is 8.53. The van der Waals surface area contributed by atoms with Gasteiger partial charge in [0.05, 0.1) is 29.5 Å². The van der Waals surface area contributed by atoms with Crippen LogP contribution in [0.15, 0.2) is 36.5 Å². The quantitative estimate of drug-likeness (QED) is 0.813. The summed E-state index contributed by atoms with van der Waals surface area (Å²) in [5, 5.41) is 0.337. The van der Waals surface area contributed by atoms with Crippen molar-refractivity contribution in [1.29, 1.82) is 0 Å². The highest BCUT2D eigenvalue weighted by Gasteiger charge is 2.19. The van der Waals surface area contributed by atoms with Gasteiger partial charge in [-0.1, -0.05) is 17.7 Å². The summed E-state index contributed by atoms with van der Waals surface area (Å²) < 4.78 is 16.3. The van der Waals surface area contributed by atoms with Gasteiger partial charge in [-0.15, -0.1) is 0 Å². The minimum atomic E-state index is -0.483. The van der Waals surface area contributed by atoms with E-state index < -0.39 is 5.97 Å². The highest BCUT2D eigenvalue weighted by molar-refractivity contribution is 6.32. The lowest BCUT2D eigenvalue weighted by atomic mass is 10.2. The van der Waals surface area contributed by atoms with Gasteiger partial charge in [0.2, 0.25) is 0 Å². The number of esters is 1. The summed E-state index contributed by atoms with van der Waals surface area (Å²) in [4.78, 5) is 16.2. The Balaban J connectivity index is 1.75. The molecule has 0 amide bonds. The largest absolute Gasteiger partial charge is 0.489 e. The molecule has 2 heterocycles. The van der Waals surface area contributed by atoms with E-state index in [4.69, 9.17) is 25.8 Å². The van der Waals surface area contributed by atoms with Crippen LogP contribution in [0, 0.1) is 0 Å². The molecule has 0 saturated carbocycles. The van der Waals surface area contributed by atoms with Crippen LogP contribution in [0.2, 0.25) is 5.02 Å². The molecular weight excluding hydrogens is 306 g/mol. The maximum absolute atomic E-state index is 12.1. The molecule has 0 unspecified atom stereocenters. The number of nitrogens with zero attached hydrogens (tertiary/aromatic N) is 1. The Kier molecular flexibility index (Phi) is 4.44. The van der Waals surface area contributed by atoms with Gasteiger partial charge < -0.3 is 14.2 Å². The Morgan fingerprint density at radius 3 is 2.95 bits per heavy atom. The van der Waals surface area contributed by atoms with Gasteiger partial charge in [-0.25, -0.2) is 4.79 Å². The third kappa shape index (κ3) is 3.31. The Labute approximate surface area is 132 Å². The molecule has 1 aromatic carbocycles. The molecule has 6 heteroatoms. The maximum atomic E-state index is 12.1. The first kappa shape index (κ1) is 14.7. The van der Waals surface area contributed by atoms with Crippen molar-refractivity contribution in [2.24, 2.45) is 0 Å². The molecule has 3 rings (SSSR count). The van der Waals surface area contributed by atoms with Crippen molar-refractivity contribution < 1.29 is 19.0 Å². The average molecular weight is 320 g/mol. The molecule has 0 radical (unpaired) electrons. The monoisotopic (exact) mass is 319 g/mol. The van der Waals surface area contributed by atoms with Crippen molar-refractivity contribution in [3.63, 3.8) is 0 Å². The van der Waals surface area contributed by atoms with Crippen LogP contribution in [-0.2, 0) is 11.3 Å². The van der Waals surface area contributed by atoms with E-state index in [0.717, 1.165) is 6.42 Å². The number of rotatable bonds is 3. The second-order valence-electron chi connectivity index (χ2n) is 4.73. The second kappa shape index (κ2) is 6.66. The van der Waals surface area contributed by atoms with Gasteiger partial charge in [-0.05, 0) is 24.3 Å². The van der Waals surface area contributed by atoms with Crippen molar-refractivity contribution in [1.82, 2.24) is 4.98 Å². The van der Waals surface area contributed by atoms with Gasteiger partial charge in [-0.3, -0.25) is 4.98 Å². The number of aromatic nitrogens is 1. The zero-order chi connectivity index (χ0) is 15.4. The number of ether oxygens (including phenoxy) is 3. The van der Waals surface area contributed by atoms with Crippen LogP contribution in [0.3, 0.4) is 0 Å². The predicted molar refractivity (Wildman–Crippen MR) is 80.4 cm³/mol. The van der Waals surface area contributed by atoms with Crippen molar-refractivity contribution in [2.45, 2.75) is 13.0 Å². The number of hydrogen-bond acceptors (Lipinski definition) is 5. The number of fused-ring (bicyclic) bond motifs is 1. The van der Waals surface area contributed by atoms with Crippen LogP contribution >= 0.6 is 11.6 Å². The van der Waals surface area contributed by atoms with Gasteiger partial charge in [0.25, 0.3) is 0 Å². The van der Waals surface area contributed by atoms with E-state index in [1.807, 2.05) is 6.07 Å².